The van der Waals surface area contributed by atoms with Crippen LogP contribution in [0.15, 0.2) is 9.53 Å². The van der Waals surface area contributed by atoms with Crippen molar-refractivity contribution in [1.82, 2.24) is 24.1 Å². The number of piperazine rings is 1. The van der Waals surface area contributed by atoms with Crippen LogP contribution in [0, 0.1) is 6.92 Å². The zero-order chi connectivity index (χ0) is 18.3. The molecule has 0 bridgehead atoms. The van der Waals surface area contributed by atoms with Gasteiger partial charge in [-0.15, -0.1) is 5.10 Å². The van der Waals surface area contributed by atoms with Gasteiger partial charge in [0.25, 0.3) is 5.56 Å². The normalized spacial score (nSPS) is 15.0. The molecule has 1 saturated heterocycles. The molecule has 3 heterocycles. The average Bonchev–Trinajstić information content (AvgIpc) is 2.94. The molecule has 1 fully saturated rings. The Kier molecular flexibility index (Phi) is 4.50. The molecule has 3 rings (SSSR count). The van der Waals surface area contributed by atoms with Gasteiger partial charge in [-0.2, -0.15) is 9.50 Å². The van der Waals surface area contributed by atoms with Crippen LogP contribution >= 0.6 is 15.9 Å². The fraction of sp³-hybridized carbons (Fsp3) is 0.500. The molecule has 0 aliphatic carbocycles. The van der Waals surface area contributed by atoms with Crippen LogP contribution in [0.1, 0.15) is 12.6 Å². The summed E-state index contributed by atoms with van der Waals surface area (Å²) in [5, 5.41) is 13.2. The van der Waals surface area contributed by atoms with Gasteiger partial charge in [-0.05, 0) is 22.9 Å². The third kappa shape index (κ3) is 3.11. The summed E-state index contributed by atoms with van der Waals surface area (Å²) in [4.78, 5) is 43.3. The molecular formula is C14H17BrN6O4. The summed E-state index contributed by atoms with van der Waals surface area (Å²) in [5.41, 5.74) is 0.536. The van der Waals surface area contributed by atoms with Gasteiger partial charge in [-0.25, -0.2) is 0 Å². The van der Waals surface area contributed by atoms with E-state index in [0.717, 1.165) is 4.52 Å². The highest BCUT2D eigenvalue weighted by Gasteiger charge is 2.26. The van der Waals surface area contributed by atoms with Crippen molar-refractivity contribution in [3.8, 4) is 0 Å². The number of hydrogen-bond donors (Lipinski definition) is 1. The molecule has 0 radical (unpaired) electrons. The van der Waals surface area contributed by atoms with E-state index in [1.54, 1.807) is 11.8 Å². The summed E-state index contributed by atoms with van der Waals surface area (Å²) in [6, 6.07) is 0. The van der Waals surface area contributed by atoms with E-state index in [2.05, 4.69) is 26.0 Å². The van der Waals surface area contributed by atoms with Gasteiger partial charge in [0.05, 0.1) is 0 Å². The number of carbonyl (C=O) groups is 2. The van der Waals surface area contributed by atoms with Crippen molar-refractivity contribution in [3.05, 3.63) is 20.8 Å². The second-order valence-electron chi connectivity index (χ2n) is 5.80. The quantitative estimate of drug-likeness (QED) is 0.736. The minimum atomic E-state index is -1.04. The van der Waals surface area contributed by atoms with Crippen LogP contribution in [-0.2, 0) is 16.1 Å². The third-order valence-electron chi connectivity index (χ3n) is 4.28. The molecule has 134 valence electrons. The highest BCUT2D eigenvalue weighted by molar-refractivity contribution is 9.10. The van der Waals surface area contributed by atoms with Gasteiger partial charge < -0.3 is 19.5 Å². The molecule has 11 heteroatoms. The Morgan fingerprint density at radius 1 is 1.24 bits per heavy atom. The van der Waals surface area contributed by atoms with Crippen molar-refractivity contribution < 1.29 is 14.7 Å². The molecule has 1 N–H and O–H groups in total. The average molecular weight is 413 g/mol. The molecule has 1 aliphatic rings. The first-order valence-electron chi connectivity index (χ1n) is 7.67. The molecule has 0 unspecified atom stereocenters. The lowest BCUT2D eigenvalue weighted by molar-refractivity contribution is -0.137. The van der Waals surface area contributed by atoms with Gasteiger partial charge in [0.15, 0.2) is 0 Å². The number of aromatic nitrogens is 4. The molecule has 1 amide bonds. The molecule has 10 nitrogen and oxygen atoms in total. The van der Waals surface area contributed by atoms with Crippen molar-refractivity contribution in [2.24, 2.45) is 0 Å². The maximum atomic E-state index is 12.9. The van der Waals surface area contributed by atoms with Crippen LogP contribution in [-0.4, -0.2) is 67.2 Å². The fourth-order valence-electron chi connectivity index (χ4n) is 3.06. The van der Waals surface area contributed by atoms with Crippen molar-refractivity contribution in [2.45, 2.75) is 20.4 Å². The number of halogens is 1. The molecule has 0 saturated carbocycles. The number of carboxylic acid groups (broad SMARTS) is 1. The maximum Gasteiger partial charge on any atom is 0.323 e. The molecule has 25 heavy (non-hydrogen) atoms. The van der Waals surface area contributed by atoms with E-state index in [4.69, 9.17) is 0 Å². The van der Waals surface area contributed by atoms with Crippen molar-refractivity contribution in [3.63, 3.8) is 0 Å². The first kappa shape index (κ1) is 17.4. The minimum absolute atomic E-state index is 0.00433. The highest BCUT2D eigenvalue weighted by Crippen LogP contribution is 2.20. The van der Waals surface area contributed by atoms with Gasteiger partial charge in [-0.1, -0.05) is 0 Å². The van der Waals surface area contributed by atoms with Crippen molar-refractivity contribution in [2.75, 3.05) is 31.1 Å². The standard InChI is InChI=1S/C14H17BrN6O4/c1-8-11(19-5-3-18(4-6-19)9(2)22)12(25)21-14(16-13(15)17-21)20(8)7-10(23)24/h3-7H2,1-2H3,(H,23,24). The van der Waals surface area contributed by atoms with E-state index < -0.39 is 5.97 Å². The lowest BCUT2D eigenvalue weighted by Gasteiger charge is -2.36. The van der Waals surface area contributed by atoms with Gasteiger partial charge in [0, 0.05) is 38.8 Å². The summed E-state index contributed by atoms with van der Waals surface area (Å²) < 4.78 is 2.77. The molecule has 2 aromatic rings. The third-order valence-corrected chi connectivity index (χ3v) is 4.62. The Bertz CT molecular complexity index is 912. The van der Waals surface area contributed by atoms with E-state index in [1.807, 2.05) is 4.90 Å². The van der Waals surface area contributed by atoms with Crippen LogP contribution in [0.4, 0.5) is 5.69 Å². The number of amides is 1. The Labute approximate surface area is 150 Å². The molecular weight excluding hydrogens is 396 g/mol. The Morgan fingerprint density at radius 2 is 1.88 bits per heavy atom. The van der Waals surface area contributed by atoms with Crippen molar-refractivity contribution in [1.29, 1.82) is 0 Å². The second-order valence-corrected chi connectivity index (χ2v) is 6.51. The molecule has 2 aromatic heterocycles. The van der Waals surface area contributed by atoms with E-state index in [1.165, 1.54) is 11.5 Å². The number of anilines is 1. The minimum Gasteiger partial charge on any atom is -0.480 e. The van der Waals surface area contributed by atoms with Crippen LogP contribution < -0.4 is 10.5 Å². The second kappa shape index (κ2) is 6.47. The SMILES string of the molecule is CC(=O)N1CCN(c2c(C)n(CC(=O)O)c3nc(Br)nn3c2=O)CC1. The number of rotatable bonds is 3. The number of carbonyl (C=O) groups excluding carboxylic acids is 1. The van der Waals surface area contributed by atoms with Gasteiger partial charge >= 0.3 is 5.97 Å². The first-order valence-corrected chi connectivity index (χ1v) is 8.47. The number of fused-ring (bicyclic) bond motifs is 1. The number of carboxylic acids is 1. The van der Waals surface area contributed by atoms with Gasteiger partial charge in [0.1, 0.15) is 12.2 Å². The Balaban J connectivity index is 2.10. The van der Waals surface area contributed by atoms with Crippen LogP contribution in [0.2, 0.25) is 0 Å². The Hall–Kier alpha value is -2.43. The zero-order valence-corrected chi connectivity index (χ0v) is 15.4. The van der Waals surface area contributed by atoms with Gasteiger partial charge in [0.2, 0.25) is 16.4 Å². The maximum absolute atomic E-state index is 12.9. The zero-order valence-electron chi connectivity index (χ0n) is 13.8. The Morgan fingerprint density at radius 3 is 2.44 bits per heavy atom. The van der Waals surface area contributed by atoms with E-state index in [-0.39, 0.29) is 28.5 Å². The first-order chi connectivity index (χ1) is 11.8. The number of hydrogen-bond acceptors (Lipinski definition) is 6. The number of nitrogens with zero attached hydrogens (tertiary/aromatic N) is 6. The topological polar surface area (TPSA) is 113 Å². The predicted octanol–water partition coefficient (Wildman–Crippen LogP) is -0.285. The van der Waals surface area contributed by atoms with E-state index in [0.29, 0.717) is 37.6 Å². The molecule has 1 aliphatic heterocycles. The summed E-state index contributed by atoms with van der Waals surface area (Å²) in [7, 11) is 0. The van der Waals surface area contributed by atoms with Crippen molar-refractivity contribution >= 4 is 39.3 Å². The summed E-state index contributed by atoms with van der Waals surface area (Å²) in [6.07, 6.45) is 0. The lowest BCUT2D eigenvalue weighted by atomic mass is 10.2. The lowest BCUT2D eigenvalue weighted by Crippen LogP contribution is -2.50. The smallest absolute Gasteiger partial charge is 0.323 e. The van der Waals surface area contributed by atoms with Crippen LogP contribution in [0.3, 0.4) is 0 Å². The number of aliphatic carboxylic acids is 1. The molecule has 0 atom stereocenters. The summed E-state index contributed by atoms with van der Waals surface area (Å²) >= 11 is 3.13. The van der Waals surface area contributed by atoms with E-state index in [9.17, 15) is 19.5 Å². The van der Waals surface area contributed by atoms with Gasteiger partial charge in [-0.3, -0.25) is 14.4 Å². The monoisotopic (exact) mass is 412 g/mol. The van der Waals surface area contributed by atoms with Crippen LogP contribution in [0.5, 0.6) is 0 Å². The van der Waals surface area contributed by atoms with E-state index >= 15 is 0 Å². The predicted molar refractivity (Wildman–Crippen MR) is 91.8 cm³/mol. The largest absolute Gasteiger partial charge is 0.480 e. The highest BCUT2D eigenvalue weighted by atomic mass is 79.9. The molecule has 0 spiro atoms. The fourth-order valence-corrected chi connectivity index (χ4v) is 3.37. The molecule has 0 aromatic carbocycles. The van der Waals surface area contributed by atoms with Crippen LogP contribution in [0.25, 0.3) is 5.78 Å². The summed E-state index contributed by atoms with van der Waals surface area (Å²) in [5.74, 6) is -0.877. The summed E-state index contributed by atoms with van der Waals surface area (Å²) in [6.45, 7) is 4.87.